The average molecular weight is 342 g/mol. The van der Waals surface area contributed by atoms with Crippen molar-refractivity contribution < 1.29 is 4.74 Å². The Labute approximate surface area is 145 Å². The fourth-order valence-electron chi connectivity index (χ4n) is 3.19. The maximum absolute atomic E-state index is 6.06. The van der Waals surface area contributed by atoms with Gasteiger partial charge in [0.25, 0.3) is 0 Å². The Kier molecular flexibility index (Phi) is 3.89. The maximum atomic E-state index is 6.06. The minimum Gasteiger partial charge on any atom is -0.368 e. The van der Waals surface area contributed by atoms with Gasteiger partial charge in [0.15, 0.2) is 5.82 Å². The van der Waals surface area contributed by atoms with Crippen molar-refractivity contribution in [2.75, 3.05) is 19.7 Å². The molecule has 1 aliphatic rings. The van der Waals surface area contributed by atoms with E-state index in [-0.39, 0.29) is 5.60 Å². The summed E-state index contributed by atoms with van der Waals surface area (Å²) in [4.78, 5) is 2.34. The Morgan fingerprint density at radius 1 is 1.24 bits per heavy atom. The number of aryl methyl sites for hydroxylation is 2. The van der Waals surface area contributed by atoms with Crippen molar-refractivity contribution in [1.29, 1.82) is 0 Å². The molecule has 4 heterocycles. The van der Waals surface area contributed by atoms with E-state index in [4.69, 9.17) is 4.74 Å². The average Bonchev–Trinajstić information content (AvgIpc) is 3.29. The summed E-state index contributed by atoms with van der Waals surface area (Å²) in [6, 6.07) is 1.91. The maximum Gasteiger partial charge on any atom is 0.176 e. The Bertz CT molecular complexity index is 865. The predicted octanol–water partition coefficient (Wildman–Crippen LogP) is 0.482. The summed E-state index contributed by atoms with van der Waals surface area (Å²) < 4.78 is 11.3. The van der Waals surface area contributed by atoms with Gasteiger partial charge in [-0.25, -0.2) is 4.68 Å². The summed E-state index contributed by atoms with van der Waals surface area (Å²) in [6.07, 6.45) is 7.71. The number of hydrogen-bond acceptors (Lipinski definition) is 6. The fraction of sp³-hybridized carbons (Fsp3) is 0.500. The van der Waals surface area contributed by atoms with Crippen LogP contribution in [0.3, 0.4) is 0 Å². The Hall–Kier alpha value is -2.52. The normalized spacial score (nSPS) is 21.7. The van der Waals surface area contributed by atoms with E-state index in [1.807, 2.05) is 44.9 Å². The number of ether oxygens (including phenoxy) is 1. The second-order valence-electron chi connectivity index (χ2n) is 6.69. The Morgan fingerprint density at radius 3 is 2.84 bits per heavy atom. The summed E-state index contributed by atoms with van der Waals surface area (Å²) >= 11 is 0. The monoisotopic (exact) mass is 342 g/mol. The number of hydrogen-bond donors (Lipinski definition) is 0. The van der Waals surface area contributed by atoms with Gasteiger partial charge in [-0.1, -0.05) is 5.21 Å². The molecule has 1 atom stereocenters. The van der Waals surface area contributed by atoms with Crippen LogP contribution < -0.4 is 0 Å². The fourth-order valence-corrected chi connectivity index (χ4v) is 3.19. The van der Waals surface area contributed by atoms with Crippen LogP contribution in [0.25, 0.3) is 5.82 Å². The SMILES string of the molecule is Cn1cc(C2(C)CN(Cc3cn(-c4ccn(C)n4)nn3)CCO2)cn1. The molecule has 0 aromatic carbocycles. The number of rotatable bonds is 4. The molecular weight excluding hydrogens is 320 g/mol. The van der Waals surface area contributed by atoms with Crippen LogP contribution >= 0.6 is 0 Å². The van der Waals surface area contributed by atoms with Gasteiger partial charge in [0.2, 0.25) is 0 Å². The summed E-state index contributed by atoms with van der Waals surface area (Å²) in [6.45, 7) is 5.17. The van der Waals surface area contributed by atoms with E-state index in [2.05, 4.69) is 32.3 Å². The molecule has 0 N–H and O–H groups in total. The molecule has 4 rings (SSSR count). The van der Waals surface area contributed by atoms with E-state index >= 15 is 0 Å². The van der Waals surface area contributed by atoms with Crippen molar-refractivity contribution in [3.8, 4) is 5.82 Å². The minimum atomic E-state index is -0.358. The first-order valence-electron chi connectivity index (χ1n) is 8.28. The number of morpholine rings is 1. The van der Waals surface area contributed by atoms with E-state index in [9.17, 15) is 0 Å². The summed E-state index contributed by atoms with van der Waals surface area (Å²) in [5, 5.41) is 17.1. The van der Waals surface area contributed by atoms with Gasteiger partial charge in [0.1, 0.15) is 5.60 Å². The van der Waals surface area contributed by atoms with E-state index in [1.54, 1.807) is 14.0 Å². The van der Waals surface area contributed by atoms with Crippen LogP contribution in [-0.2, 0) is 31.0 Å². The third kappa shape index (κ3) is 3.20. The molecule has 1 saturated heterocycles. The van der Waals surface area contributed by atoms with E-state index in [1.165, 1.54) is 0 Å². The quantitative estimate of drug-likeness (QED) is 0.686. The second-order valence-corrected chi connectivity index (χ2v) is 6.69. The molecule has 9 nitrogen and oxygen atoms in total. The molecule has 1 fully saturated rings. The van der Waals surface area contributed by atoms with Gasteiger partial charge in [0, 0.05) is 57.8 Å². The zero-order valence-corrected chi connectivity index (χ0v) is 14.7. The zero-order valence-electron chi connectivity index (χ0n) is 14.7. The molecule has 1 aliphatic heterocycles. The highest BCUT2D eigenvalue weighted by atomic mass is 16.5. The predicted molar refractivity (Wildman–Crippen MR) is 89.9 cm³/mol. The second kappa shape index (κ2) is 6.08. The van der Waals surface area contributed by atoms with Crippen LogP contribution in [0.1, 0.15) is 18.2 Å². The largest absolute Gasteiger partial charge is 0.368 e. The van der Waals surface area contributed by atoms with E-state index < -0.39 is 0 Å². The standard InChI is InChI=1S/C16H22N8O/c1-16(13-8-17-22(3)9-13)12-23(6-7-25-16)10-14-11-24(20-18-14)15-4-5-21(2)19-15/h4-5,8-9,11H,6-7,10,12H2,1-3H3. The van der Waals surface area contributed by atoms with Crippen molar-refractivity contribution in [2.24, 2.45) is 14.1 Å². The molecule has 9 heteroatoms. The third-order valence-corrected chi connectivity index (χ3v) is 4.53. The molecule has 25 heavy (non-hydrogen) atoms. The molecule has 0 bridgehead atoms. The van der Waals surface area contributed by atoms with Gasteiger partial charge < -0.3 is 4.74 Å². The lowest BCUT2D eigenvalue weighted by atomic mass is 9.97. The van der Waals surface area contributed by atoms with Crippen molar-refractivity contribution in [3.05, 3.63) is 42.1 Å². The molecule has 1 unspecified atom stereocenters. The van der Waals surface area contributed by atoms with Crippen molar-refractivity contribution in [2.45, 2.75) is 19.1 Å². The lowest BCUT2D eigenvalue weighted by Gasteiger charge is -2.39. The summed E-state index contributed by atoms with van der Waals surface area (Å²) in [7, 11) is 3.80. The number of aromatic nitrogens is 7. The van der Waals surface area contributed by atoms with Gasteiger partial charge in [-0.3, -0.25) is 14.3 Å². The molecule has 0 spiro atoms. The van der Waals surface area contributed by atoms with Gasteiger partial charge in [-0.2, -0.15) is 10.2 Å². The lowest BCUT2D eigenvalue weighted by Crippen LogP contribution is -2.47. The van der Waals surface area contributed by atoms with Gasteiger partial charge >= 0.3 is 0 Å². The zero-order chi connectivity index (χ0) is 17.4. The Balaban J connectivity index is 1.47. The first-order valence-corrected chi connectivity index (χ1v) is 8.28. The molecule has 3 aromatic rings. The van der Waals surface area contributed by atoms with Crippen LogP contribution in [0, 0.1) is 0 Å². The van der Waals surface area contributed by atoms with E-state index in [0.717, 1.165) is 36.7 Å². The minimum absolute atomic E-state index is 0.358. The molecule has 0 radical (unpaired) electrons. The molecule has 0 saturated carbocycles. The topological polar surface area (TPSA) is 78.8 Å². The van der Waals surface area contributed by atoms with Crippen LogP contribution in [0.2, 0.25) is 0 Å². The van der Waals surface area contributed by atoms with Crippen LogP contribution in [-0.4, -0.2) is 59.2 Å². The molecule has 132 valence electrons. The summed E-state index contributed by atoms with van der Waals surface area (Å²) in [5.74, 6) is 0.767. The van der Waals surface area contributed by atoms with Crippen LogP contribution in [0.4, 0.5) is 0 Å². The first-order chi connectivity index (χ1) is 12.0. The Morgan fingerprint density at radius 2 is 2.12 bits per heavy atom. The smallest absolute Gasteiger partial charge is 0.176 e. The van der Waals surface area contributed by atoms with Crippen LogP contribution in [0.5, 0.6) is 0 Å². The van der Waals surface area contributed by atoms with Gasteiger partial charge in [-0.05, 0) is 6.92 Å². The highest BCUT2D eigenvalue weighted by molar-refractivity contribution is 5.19. The highest BCUT2D eigenvalue weighted by Gasteiger charge is 2.35. The molecule has 0 amide bonds. The van der Waals surface area contributed by atoms with Crippen LogP contribution in [0.15, 0.2) is 30.9 Å². The third-order valence-electron chi connectivity index (χ3n) is 4.53. The first kappa shape index (κ1) is 16.0. The van der Waals surface area contributed by atoms with Crippen molar-refractivity contribution >= 4 is 0 Å². The molecule has 0 aliphatic carbocycles. The van der Waals surface area contributed by atoms with Crippen molar-refractivity contribution in [3.63, 3.8) is 0 Å². The number of nitrogens with zero attached hydrogens (tertiary/aromatic N) is 8. The van der Waals surface area contributed by atoms with Gasteiger partial charge in [-0.15, -0.1) is 5.10 Å². The summed E-state index contributed by atoms with van der Waals surface area (Å²) in [5.41, 5.74) is 1.65. The molecular formula is C16H22N8O. The van der Waals surface area contributed by atoms with E-state index in [0.29, 0.717) is 6.61 Å². The molecule has 3 aromatic heterocycles. The van der Waals surface area contributed by atoms with Crippen molar-refractivity contribution in [1.82, 2.24) is 39.5 Å². The highest BCUT2D eigenvalue weighted by Crippen LogP contribution is 2.29. The van der Waals surface area contributed by atoms with Gasteiger partial charge in [0.05, 0.1) is 24.7 Å². The lowest BCUT2D eigenvalue weighted by molar-refractivity contribution is -0.105.